The Morgan fingerprint density at radius 2 is 1.97 bits per heavy atom. The van der Waals surface area contributed by atoms with Gasteiger partial charge in [-0.15, -0.1) is 0 Å². The van der Waals surface area contributed by atoms with Crippen LogP contribution in [0.4, 0.5) is 20.3 Å². The van der Waals surface area contributed by atoms with Crippen LogP contribution in [-0.4, -0.2) is 35.4 Å². The number of hydrogen-bond acceptors (Lipinski definition) is 5. The van der Waals surface area contributed by atoms with E-state index < -0.39 is 11.6 Å². The van der Waals surface area contributed by atoms with Crippen LogP contribution in [0.3, 0.4) is 0 Å². The van der Waals surface area contributed by atoms with Gasteiger partial charge in [-0.3, -0.25) is 9.78 Å². The van der Waals surface area contributed by atoms with Crippen molar-refractivity contribution in [2.75, 3.05) is 29.4 Å². The van der Waals surface area contributed by atoms with Crippen molar-refractivity contribution in [2.24, 2.45) is 0 Å². The monoisotopic (exact) mass is 394 g/mol. The zero-order chi connectivity index (χ0) is 20.0. The average Bonchev–Trinajstić information content (AvgIpc) is 3.38. The van der Waals surface area contributed by atoms with Crippen LogP contribution < -0.4 is 9.80 Å². The van der Waals surface area contributed by atoms with E-state index in [1.807, 2.05) is 28.0 Å². The van der Waals surface area contributed by atoms with E-state index in [1.54, 1.807) is 6.20 Å². The quantitative estimate of drug-likeness (QED) is 0.671. The van der Waals surface area contributed by atoms with Crippen LogP contribution in [0.15, 0.2) is 42.6 Å². The molecule has 5 nitrogen and oxygen atoms in total. The molecular formula is C22H20F2N4O. The largest absolute Gasteiger partial charge is 0.362 e. The number of benzene rings is 1. The minimum absolute atomic E-state index is 0.215. The fourth-order valence-electron chi connectivity index (χ4n) is 4.39. The van der Waals surface area contributed by atoms with Gasteiger partial charge in [-0.2, -0.15) is 0 Å². The maximum absolute atomic E-state index is 14.4. The van der Waals surface area contributed by atoms with Crippen LogP contribution in [0.2, 0.25) is 0 Å². The van der Waals surface area contributed by atoms with Gasteiger partial charge in [0.2, 0.25) is 0 Å². The van der Waals surface area contributed by atoms with Crippen LogP contribution in [0.25, 0.3) is 11.0 Å². The van der Waals surface area contributed by atoms with E-state index in [0.717, 1.165) is 42.2 Å². The summed E-state index contributed by atoms with van der Waals surface area (Å²) in [7, 11) is 0. The molecule has 29 heavy (non-hydrogen) atoms. The molecule has 0 aliphatic carbocycles. The van der Waals surface area contributed by atoms with E-state index in [1.165, 1.54) is 12.1 Å². The second-order valence-corrected chi connectivity index (χ2v) is 7.59. The third-order valence-corrected chi connectivity index (χ3v) is 5.78. The Hall–Kier alpha value is -3.09. The third-order valence-electron chi connectivity index (χ3n) is 5.78. The molecule has 2 saturated heterocycles. The Morgan fingerprint density at radius 3 is 2.79 bits per heavy atom. The average molecular weight is 394 g/mol. The van der Waals surface area contributed by atoms with E-state index in [-0.39, 0.29) is 11.8 Å². The molecule has 2 fully saturated rings. The van der Waals surface area contributed by atoms with Gasteiger partial charge in [-0.05, 0) is 49.2 Å². The van der Waals surface area contributed by atoms with Gasteiger partial charge in [0.15, 0.2) is 5.78 Å². The Labute approximate surface area is 167 Å². The SMILES string of the molecule is O=C1CCN(c2ccnc3ccc(N4CCC[C@@H]4c4cc(F)ccc4F)nc23)C1. The standard InChI is InChI=1S/C22H20F2N4O/c23-14-3-4-17(24)16(12-14)19-2-1-10-28(19)21-6-5-18-22(26-21)20(7-9-25-18)27-11-8-15(29)13-27/h3-7,9,12,19H,1-2,8,10-11,13H2/t19-/m1/s1. The lowest BCUT2D eigenvalue weighted by Gasteiger charge is -2.27. The lowest BCUT2D eigenvalue weighted by atomic mass is 10.0. The molecule has 2 aliphatic rings. The molecule has 1 atom stereocenters. The summed E-state index contributed by atoms with van der Waals surface area (Å²) in [4.78, 5) is 25.1. The van der Waals surface area contributed by atoms with Crippen LogP contribution in [0.5, 0.6) is 0 Å². The number of carbonyl (C=O) groups is 1. The van der Waals surface area contributed by atoms with Crippen molar-refractivity contribution >= 4 is 28.3 Å². The number of anilines is 2. The molecule has 0 amide bonds. The smallest absolute Gasteiger partial charge is 0.153 e. The highest BCUT2D eigenvalue weighted by molar-refractivity contribution is 5.94. The van der Waals surface area contributed by atoms with Gasteiger partial charge in [-0.1, -0.05) is 0 Å². The second kappa shape index (κ2) is 7.06. The van der Waals surface area contributed by atoms with Crippen LogP contribution in [-0.2, 0) is 4.79 Å². The first-order valence-electron chi connectivity index (χ1n) is 9.84. The molecule has 7 heteroatoms. The van der Waals surface area contributed by atoms with E-state index in [4.69, 9.17) is 4.98 Å². The van der Waals surface area contributed by atoms with Gasteiger partial charge in [0.05, 0.1) is 23.8 Å². The first kappa shape index (κ1) is 18.0. The van der Waals surface area contributed by atoms with Gasteiger partial charge < -0.3 is 9.80 Å². The number of fused-ring (bicyclic) bond motifs is 1. The predicted molar refractivity (Wildman–Crippen MR) is 107 cm³/mol. The minimum Gasteiger partial charge on any atom is -0.362 e. The number of hydrogen-bond donors (Lipinski definition) is 0. The summed E-state index contributed by atoms with van der Waals surface area (Å²) in [5.41, 5.74) is 2.72. The van der Waals surface area contributed by atoms with Crippen molar-refractivity contribution in [1.82, 2.24) is 9.97 Å². The molecular weight excluding hydrogens is 374 g/mol. The fourth-order valence-corrected chi connectivity index (χ4v) is 4.39. The molecule has 0 N–H and O–H groups in total. The number of pyridine rings is 2. The van der Waals surface area contributed by atoms with Gasteiger partial charge >= 0.3 is 0 Å². The summed E-state index contributed by atoms with van der Waals surface area (Å²) in [6, 6.07) is 9.00. The van der Waals surface area contributed by atoms with Crippen LogP contribution in [0, 0.1) is 11.6 Å². The molecule has 0 radical (unpaired) electrons. The highest BCUT2D eigenvalue weighted by atomic mass is 19.1. The highest BCUT2D eigenvalue weighted by Gasteiger charge is 2.30. The number of rotatable bonds is 3. The third kappa shape index (κ3) is 3.20. The van der Waals surface area contributed by atoms with E-state index in [0.29, 0.717) is 30.9 Å². The van der Waals surface area contributed by atoms with Gasteiger partial charge in [-0.25, -0.2) is 13.8 Å². The van der Waals surface area contributed by atoms with Crippen molar-refractivity contribution < 1.29 is 13.6 Å². The predicted octanol–water partition coefficient (Wildman–Crippen LogP) is 4.03. The number of aromatic nitrogens is 2. The Morgan fingerprint density at radius 1 is 1.07 bits per heavy atom. The molecule has 5 rings (SSSR count). The Balaban J connectivity index is 1.56. The summed E-state index contributed by atoms with van der Waals surface area (Å²) in [6.45, 7) is 1.77. The molecule has 148 valence electrons. The number of halogens is 2. The molecule has 0 unspecified atom stereocenters. The van der Waals surface area contributed by atoms with Crippen molar-refractivity contribution in [3.05, 3.63) is 59.8 Å². The zero-order valence-electron chi connectivity index (χ0n) is 15.8. The lowest BCUT2D eigenvalue weighted by molar-refractivity contribution is -0.116. The molecule has 1 aromatic carbocycles. The van der Waals surface area contributed by atoms with Crippen molar-refractivity contribution in [1.29, 1.82) is 0 Å². The molecule has 2 aromatic heterocycles. The molecule has 0 bridgehead atoms. The van der Waals surface area contributed by atoms with E-state index in [2.05, 4.69) is 4.98 Å². The van der Waals surface area contributed by atoms with Gasteiger partial charge in [0.25, 0.3) is 0 Å². The van der Waals surface area contributed by atoms with Crippen molar-refractivity contribution in [3.8, 4) is 0 Å². The summed E-state index contributed by atoms with van der Waals surface area (Å²) < 4.78 is 28.2. The maximum atomic E-state index is 14.4. The normalized spacial score (nSPS) is 19.5. The van der Waals surface area contributed by atoms with Crippen LogP contribution in [0.1, 0.15) is 30.9 Å². The second-order valence-electron chi connectivity index (χ2n) is 7.59. The topological polar surface area (TPSA) is 49.3 Å². The molecule has 2 aliphatic heterocycles. The van der Waals surface area contributed by atoms with E-state index >= 15 is 0 Å². The fraction of sp³-hybridized carbons (Fsp3) is 0.318. The zero-order valence-corrected chi connectivity index (χ0v) is 15.8. The number of nitrogens with zero attached hydrogens (tertiary/aromatic N) is 4. The lowest BCUT2D eigenvalue weighted by Crippen LogP contribution is -2.25. The number of Topliss-reactive ketones (excluding diaryl/α,β-unsaturated/α-hetero) is 1. The summed E-state index contributed by atoms with van der Waals surface area (Å²) >= 11 is 0. The molecule has 3 aromatic rings. The number of ketones is 1. The Bertz CT molecular complexity index is 1100. The maximum Gasteiger partial charge on any atom is 0.153 e. The summed E-state index contributed by atoms with van der Waals surface area (Å²) in [5.74, 6) is 0.0858. The first-order valence-corrected chi connectivity index (χ1v) is 9.84. The summed E-state index contributed by atoms with van der Waals surface area (Å²) in [5, 5.41) is 0. The van der Waals surface area contributed by atoms with Crippen molar-refractivity contribution in [2.45, 2.75) is 25.3 Å². The number of carbonyl (C=O) groups excluding carboxylic acids is 1. The first-order chi connectivity index (χ1) is 14.1. The summed E-state index contributed by atoms with van der Waals surface area (Å²) in [6.07, 6.45) is 3.88. The molecule has 0 spiro atoms. The highest BCUT2D eigenvalue weighted by Crippen LogP contribution is 2.38. The van der Waals surface area contributed by atoms with Gasteiger partial charge in [0.1, 0.15) is 23.0 Å². The Kier molecular flexibility index (Phi) is 4.38. The minimum atomic E-state index is -0.440. The van der Waals surface area contributed by atoms with E-state index in [9.17, 15) is 13.6 Å². The van der Waals surface area contributed by atoms with Gasteiger partial charge in [0, 0.05) is 31.3 Å². The molecule has 0 saturated carbocycles. The van der Waals surface area contributed by atoms with Crippen LogP contribution >= 0.6 is 0 Å². The van der Waals surface area contributed by atoms with Crippen molar-refractivity contribution in [3.63, 3.8) is 0 Å². The molecule has 4 heterocycles.